The summed E-state index contributed by atoms with van der Waals surface area (Å²) >= 11 is 0. The number of carboxylic acid groups (broad SMARTS) is 1. The van der Waals surface area contributed by atoms with E-state index in [-0.39, 0.29) is 11.7 Å². The zero-order valence-electron chi connectivity index (χ0n) is 14.4. The third kappa shape index (κ3) is 3.16. The second-order valence-corrected chi connectivity index (χ2v) is 6.89. The molecule has 1 N–H and O–H groups in total. The number of aromatic nitrogens is 3. The van der Waals surface area contributed by atoms with E-state index >= 15 is 0 Å². The van der Waals surface area contributed by atoms with Crippen LogP contribution in [0.15, 0.2) is 36.8 Å². The van der Waals surface area contributed by atoms with Gasteiger partial charge in [0.25, 0.3) is 0 Å². The van der Waals surface area contributed by atoms with Crippen LogP contribution in [-0.2, 0) is 6.54 Å². The van der Waals surface area contributed by atoms with E-state index in [9.17, 15) is 14.3 Å². The van der Waals surface area contributed by atoms with E-state index in [1.165, 1.54) is 12.5 Å². The monoisotopic (exact) mass is 357 g/mol. The van der Waals surface area contributed by atoms with E-state index in [0.717, 1.165) is 23.7 Å². The third-order valence-corrected chi connectivity index (χ3v) is 4.80. The van der Waals surface area contributed by atoms with E-state index in [1.807, 2.05) is 29.7 Å². The predicted octanol–water partition coefficient (Wildman–Crippen LogP) is 3.73. The number of fused-ring (bicyclic) bond motifs is 1. The molecule has 4 rings (SSSR count). The molecule has 0 aliphatic heterocycles. The van der Waals surface area contributed by atoms with E-state index < -0.39 is 11.9 Å². The number of carbonyl (C=O) groups is 1. The van der Waals surface area contributed by atoms with Crippen LogP contribution >= 0.6 is 0 Å². The lowest BCUT2D eigenvalue weighted by Gasteiger charge is -2.16. The molecule has 0 bridgehead atoms. The van der Waals surface area contributed by atoms with Crippen molar-refractivity contribution in [2.45, 2.75) is 32.4 Å². The molecule has 1 aromatic carbocycles. The van der Waals surface area contributed by atoms with Gasteiger partial charge in [-0.05, 0) is 37.8 Å². The molecule has 1 saturated carbocycles. The number of ether oxygens (including phenoxy) is 1. The van der Waals surface area contributed by atoms with Crippen molar-refractivity contribution in [2.24, 2.45) is 5.92 Å². The molecular formula is C19H20FN3O3. The topological polar surface area (TPSA) is 69.3 Å². The van der Waals surface area contributed by atoms with E-state index in [2.05, 4.69) is 4.98 Å². The molecule has 26 heavy (non-hydrogen) atoms. The van der Waals surface area contributed by atoms with Crippen LogP contribution in [0.5, 0.6) is 5.75 Å². The number of hydrogen-bond donors (Lipinski definition) is 1. The molecule has 0 radical (unpaired) electrons. The molecule has 2 heterocycles. The lowest BCUT2D eigenvalue weighted by Crippen LogP contribution is -2.14. The van der Waals surface area contributed by atoms with Crippen molar-refractivity contribution in [1.29, 1.82) is 0 Å². The van der Waals surface area contributed by atoms with Crippen molar-refractivity contribution in [3.63, 3.8) is 0 Å². The molecule has 136 valence electrons. The smallest absolute Gasteiger partial charge is 0.352 e. The molecule has 3 aromatic rings. The molecule has 0 unspecified atom stereocenters. The Kier molecular flexibility index (Phi) is 4.14. The predicted molar refractivity (Wildman–Crippen MR) is 94.0 cm³/mol. The minimum atomic E-state index is -0.935. The lowest BCUT2D eigenvalue weighted by atomic mass is 10.2. The number of hydrogen-bond acceptors (Lipinski definition) is 3. The lowest BCUT2D eigenvalue weighted by molar-refractivity contribution is 0.0685. The van der Waals surface area contributed by atoms with Gasteiger partial charge in [-0.2, -0.15) is 4.39 Å². The van der Waals surface area contributed by atoms with Gasteiger partial charge < -0.3 is 19.0 Å². The number of para-hydroxylation sites is 1. The second-order valence-electron chi connectivity index (χ2n) is 6.89. The highest BCUT2D eigenvalue weighted by Crippen LogP contribution is 2.36. The quantitative estimate of drug-likeness (QED) is 0.700. The zero-order valence-corrected chi connectivity index (χ0v) is 14.4. The molecular weight excluding hydrogens is 337 g/mol. The van der Waals surface area contributed by atoms with Crippen molar-refractivity contribution in [1.82, 2.24) is 14.1 Å². The third-order valence-electron chi connectivity index (χ3n) is 4.80. The fourth-order valence-corrected chi connectivity index (χ4v) is 3.18. The minimum absolute atomic E-state index is 0.104. The largest absolute Gasteiger partial charge is 0.489 e. The first-order chi connectivity index (χ1) is 12.5. The number of aromatic carboxylic acids is 1. The van der Waals surface area contributed by atoms with Crippen molar-refractivity contribution in [2.75, 3.05) is 6.61 Å². The molecule has 2 aromatic heterocycles. The van der Waals surface area contributed by atoms with Crippen LogP contribution in [0, 0.1) is 11.9 Å². The summed E-state index contributed by atoms with van der Waals surface area (Å²) in [6.45, 7) is 2.92. The number of benzene rings is 1. The fourth-order valence-electron chi connectivity index (χ4n) is 3.18. The van der Waals surface area contributed by atoms with Crippen molar-refractivity contribution in [3.8, 4) is 5.75 Å². The highest BCUT2D eigenvalue weighted by molar-refractivity contribution is 5.96. The van der Waals surface area contributed by atoms with Gasteiger partial charge in [0.2, 0.25) is 5.95 Å². The Morgan fingerprint density at radius 3 is 2.92 bits per heavy atom. The van der Waals surface area contributed by atoms with Gasteiger partial charge in [-0.15, -0.1) is 0 Å². The number of rotatable bonds is 7. The van der Waals surface area contributed by atoms with Gasteiger partial charge in [-0.3, -0.25) is 0 Å². The van der Waals surface area contributed by atoms with Crippen LogP contribution in [-0.4, -0.2) is 31.8 Å². The summed E-state index contributed by atoms with van der Waals surface area (Å²) in [6.07, 6.45) is 5.02. The van der Waals surface area contributed by atoms with E-state index in [0.29, 0.717) is 24.8 Å². The normalized spacial score (nSPS) is 15.3. The van der Waals surface area contributed by atoms with Crippen LogP contribution < -0.4 is 4.74 Å². The van der Waals surface area contributed by atoms with Crippen molar-refractivity contribution < 1.29 is 19.0 Å². The molecule has 0 saturated heterocycles. The number of halogens is 1. The number of imidazole rings is 1. The summed E-state index contributed by atoms with van der Waals surface area (Å²) in [5.41, 5.74) is 1.09. The maximum atomic E-state index is 13.1. The molecule has 0 amide bonds. The summed E-state index contributed by atoms with van der Waals surface area (Å²) in [5, 5.41) is 10.4. The SMILES string of the molecule is C[C@H](COc1cccc2cc(C(=O)O)n(CC3CC3)c12)n1cnc(F)c1. The van der Waals surface area contributed by atoms with Gasteiger partial charge in [0.15, 0.2) is 0 Å². The Balaban J connectivity index is 1.64. The van der Waals surface area contributed by atoms with Crippen LogP contribution in [0.3, 0.4) is 0 Å². The first-order valence-electron chi connectivity index (χ1n) is 8.70. The molecule has 1 fully saturated rings. The molecule has 1 atom stereocenters. The van der Waals surface area contributed by atoms with E-state index in [4.69, 9.17) is 4.74 Å². The zero-order chi connectivity index (χ0) is 18.3. The van der Waals surface area contributed by atoms with Crippen molar-refractivity contribution >= 4 is 16.9 Å². The summed E-state index contributed by atoms with van der Waals surface area (Å²) in [4.78, 5) is 15.2. The standard InChI is InChI=1S/C19H20FN3O3/c1-12(22-9-17(20)21-11-22)10-26-16-4-2-3-14-7-15(19(24)25)23(18(14)16)8-13-5-6-13/h2-4,7,9,11-13H,5-6,8,10H2,1H3,(H,24,25)/t12-/m1/s1. The highest BCUT2D eigenvalue weighted by Gasteiger charge is 2.26. The van der Waals surface area contributed by atoms with Gasteiger partial charge in [-0.1, -0.05) is 12.1 Å². The number of carboxylic acids is 1. The van der Waals surface area contributed by atoms with E-state index in [1.54, 1.807) is 10.6 Å². The van der Waals surface area contributed by atoms with Gasteiger partial charge >= 0.3 is 5.97 Å². The van der Waals surface area contributed by atoms with Gasteiger partial charge in [0.05, 0.1) is 24.1 Å². The minimum Gasteiger partial charge on any atom is -0.489 e. The van der Waals surface area contributed by atoms with Crippen molar-refractivity contribution in [3.05, 3.63) is 48.4 Å². The maximum absolute atomic E-state index is 13.1. The highest BCUT2D eigenvalue weighted by atomic mass is 19.1. The molecule has 0 spiro atoms. The summed E-state index contributed by atoms with van der Waals surface area (Å²) < 4.78 is 22.6. The summed E-state index contributed by atoms with van der Waals surface area (Å²) in [7, 11) is 0. The number of nitrogens with zero attached hydrogens (tertiary/aromatic N) is 3. The molecule has 7 heteroatoms. The van der Waals surface area contributed by atoms with Gasteiger partial charge in [0.1, 0.15) is 18.1 Å². The Labute approximate surface area is 149 Å². The van der Waals surface area contributed by atoms with Gasteiger partial charge in [-0.25, -0.2) is 9.78 Å². The van der Waals surface area contributed by atoms with Gasteiger partial charge in [0, 0.05) is 11.9 Å². The Morgan fingerprint density at radius 2 is 2.27 bits per heavy atom. The average molecular weight is 357 g/mol. The summed E-state index contributed by atoms with van der Waals surface area (Å²) in [6, 6.07) is 7.19. The first kappa shape index (κ1) is 16.6. The molecule has 1 aliphatic rings. The first-order valence-corrected chi connectivity index (χ1v) is 8.70. The van der Waals surface area contributed by atoms with Crippen LogP contribution in [0.4, 0.5) is 4.39 Å². The second kappa shape index (κ2) is 6.48. The Bertz CT molecular complexity index is 958. The van der Waals surface area contributed by atoms with Crippen LogP contribution in [0.25, 0.3) is 10.9 Å². The molecule has 1 aliphatic carbocycles. The molecule has 6 nitrogen and oxygen atoms in total. The summed E-state index contributed by atoms with van der Waals surface area (Å²) in [5.74, 6) is -0.286. The maximum Gasteiger partial charge on any atom is 0.352 e. The van der Waals surface area contributed by atoms with Crippen LogP contribution in [0.2, 0.25) is 0 Å². The Hall–Kier alpha value is -2.83. The fraction of sp³-hybridized carbons (Fsp3) is 0.368. The Morgan fingerprint density at radius 1 is 1.46 bits per heavy atom. The average Bonchev–Trinajstić information content (AvgIpc) is 3.19. The van der Waals surface area contributed by atoms with Crippen LogP contribution in [0.1, 0.15) is 36.3 Å².